The molecule has 5 nitrogen and oxygen atoms in total. The van der Waals surface area contributed by atoms with Crippen LogP contribution < -0.4 is 10.9 Å². The van der Waals surface area contributed by atoms with Crippen LogP contribution >= 0.6 is 11.8 Å². The number of para-hydroxylation sites is 1. The van der Waals surface area contributed by atoms with Crippen molar-refractivity contribution in [3.05, 3.63) is 64.4 Å². The van der Waals surface area contributed by atoms with E-state index < -0.39 is 5.25 Å². The lowest BCUT2D eigenvalue weighted by Gasteiger charge is -2.23. The van der Waals surface area contributed by atoms with Gasteiger partial charge in [-0.1, -0.05) is 43.0 Å². The number of carbonyl (C=O) groups is 1. The van der Waals surface area contributed by atoms with Gasteiger partial charge in [-0.2, -0.15) is 0 Å². The van der Waals surface area contributed by atoms with E-state index in [2.05, 4.69) is 12.2 Å². The van der Waals surface area contributed by atoms with E-state index in [-0.39, 0.29) is 17.0 Å². The van der Waals surface area contributed by atoms with Crippen LogP contribution in [0.1, 0.15) is 40.2 Å². The molecule has 6 heteroatoms. The number of aromatic nitrogens is 2. The number of rotatable bonds is 5. The van der Waals surface area contributed by atoms with E-state index in [1.54, 1.807) is 10.6 Å². The van der Waals surface area contributed by atoms with Crippen molar-refractivity contribution in [2.45, 2.75) is 57.0 Å². The highest BCUT2D eigenvalue weighted by molar-refractivity contribution is 8.00. The first-order valence-corrected chi connectivity index (χ1v) is 10.7. The topological polar surface area (TPSA) is 64.0 Å². The molecule has 0 saturated carbocycles. The molecule has 0 aliphatic rings. The molecule has 1 unspecified atom stereocenters. The average molecular weight is 410 g/mol. The Bertz CT molecular complexity index is 1080. The smallest absolute Gasteiger partial charge is 0.266 e. The van der Waals surface area contributed by atoms with Gasteiger partial charge < -0.3 is 5.32 Å². The number of nitrogens with zero attached hydrogens (tertiary/aromatic N) is 2. The molecule has 29 heavy (non-hydrogen) atoms. The third-order valence-corrected chi connectivity index (χ3v) is 5.55. The summed E-state index contributed by atoms with van der Waals surface area (Å²) in [7, 11) is 0. The van der Waals surface area contributed by atoms with Crippen molar-refractivity contribution in [2.75, 3.05) is 0 Å². The number of aryl methyl sites for hydroxylation is 1. The summed E-state index contributed by atoms with van der Waals surface area (Å²) in [5.41, 5.74) is 2.12. The van der Waals surface area contributed by atoms with E-state index in [4.69, 9.17) is 4.98 Å². The molecule has 2 aromatic carbocycles. The van der Waals surface area contributed by atoms with Gasteiger partial charge in [0.25, 0.3) is 5.56 Å². The zero-order valence-electron chi connectivity index (χ0n) is 17.5. The van der Waals surface area contributed by atoms with Crippen LogP contribution in [0.2, 0.25) is 0 Å². The minimum atomic E-state index is -0.400. The van der Waals surface area contributed by atoms with E-state index in [1.807, 2.05) is 70.2 Å². The van der Waals surface area contributed by atoms with Crippen LogP contribution in [0, 0.1) is 0 Å². The molecule has 0 saturated heterocycles. The predicted molar refractivity (Wildman–Crippen MR) is 120 cm³/mol. The first-order valence-electron chi connectivity index (χ1n) is 9.79. The first-order chi connectivity index (χ1) is 13.7. The van der Waals surface area contributed by atoms with Gasteiger partial charge in [0.1, 0.15) is 0 Å². The van der Waals surface area contributed by atoms with Crippen molar-refractivity contribution in [3.63, 3.8) is 0 Å². The molecule has 0 fully saturated rings. The second-order valence-electron chi connectivity index (χ2n) is 8.07. The van der Waals surface area contributed by atoms with Crippen LogP contribution in [0.4, 0.5) is 0 Å². The molecular weight excluding hydrogens is 382 g/mol. The number of carbonyl (C=O) groups excluding carboxylic acids is 1. The summed E-state index contributed by atoms with van der Waals surface area (Å²) in [6.45, 7) is 9.76. The molecule has 0 spiro atoms. The summed E-state index contributed by atoms with van der Waals surface area (Å²) in [4.78, 5) is 30.6. The molecule has 1 atom stereocenters. The average Bonchev–Trinajstić information content (AvgIpc) is 2.67. The number of nitrogens with one attached hydrogen (secondary N) is 1. The van der Waals surface area contributed by atoms with Crippen molar-refractivity contribution < 1.29 is 4.79 Å². The van der Waals surface area contributed by atoms with Crippen molar-refractivity contribution in [2.24, 2.45) is 0 Å². The number of amides is 1. The van der Waals surface area contributed by atoms with Gasteiger partial charge in [0, 0.05) is 5.54 Å². The quantitative estimate of drug-likeness (QED) is 0.503. The summed E-state index contributed by atoms with van der Waals surface area (Å²) in [5, 5.41) is 3.66. The Labute approximate surface area is 175 Å². The molecule has 3 rings (SSSR count). The van der Waals surface area contributed by atoms with E-state index in [9.17, 15) is 9.59 Å². The lowest BCUT2D eigenvalue weighted by molar-refractivity contribution is -0.121. The first kappa shape index (κ1) is 21.1. The molecule has 1 N–H and O–H groups in total. The van der Waals surface area contributed by atoms with Crippen LogP contribution in [0.25, 0.3) is 16.6 Å². The van der Waals surface area contributed by atoms with E-state index in [1.165, 1.54) is 17.3 Å². The zero-order valence-corrected chi connectivity index (χ0v) is 18.3. The minimum absolute atomic E-state index is 0.0854. The van der Waals surface area contributed by atoms with Gasteiger partial charge in [-0.25, -0.2) is 4.98 Å². The fourth-order valence-corrected chi connectivity index (χ4v) is 3.91. The van der Waals surface area contributed by atoms with Crippen LogP contribution in [0.5, 0.6) is 0 Å². The molecule has 1 aromatic heterocycles. The highest BCUT2D eigenvalue weighted by atomic mass is 32.2. The van der Waals surface area contributed by atoms with Crippen molar-refractivity contribution in [1.29, 1.82) is 0 Å². The molecule has 152 valence electrons. The maximum Gasteiger partial charge on any atom is 0.266 e. The second-order valence-corrected chi connectivity index (χ2v) is 9.38. The Kier molecular flexibility index (Phi) is 6.13. The highest BCUT2D eigenvalue weighted by Crippen LogP contribution is 2.25. The van der Waals surface area contributed by atoms with E-state index in [0.717, 1.165) is 12.1 Å². The summed E-state index contributed by atoms with van der Waals surface area (Å²) >= 11 is 1.29. The van der Waals surface area contributed by atoms with Gasteiger partial charge in [-0.3, -0.25) is 14.2 Å². The second kappa shape index (κ2) is 8.41. The van der Waals surface area contributed by atoms with Gasteiger partial charge >= 0.3 is 0 Å². The monoisotopic (exact) mass is 409 g/mol. The fraction of sp³-hybridized carbons (Fsp3) is 0.348. The standard InChI is InChI=1S/C23H27N3O2S/c1-6-16-11-13-17(14-12-16)26-21(28)18-9-7-8-10-19(18)24-22(26)29-15(2)20(27)25-23(3,4)5/h7-15H,6H2,1-5H3,(H,25,27). The minimum Gasteiger partial charge on any atom is -0.351 e. The summed E-state index contributed by atoms with van der Waals surface area (Å²) in [6.07, 6.45) is 0.927. The largest absolute Gasteiger partial charge is 0.351 e. The maximum atomic E-state index is 13.3. The van der Waals surface area contributed by atoms with Gasteiger partial charge in [0.2, 0.25) is 5.91 Å². The molecule has 1 amide bonds. The van der Waals surface area contributed by atoms with Gasteiger partial charge in [-0.05, 0) is 63.9 Å². The Morgan fingerprint density at radius 2 is 1.79 bits per heavy atom. The Hall–Kier alpha value is -2.60. The molecule has 1 heterocycles. The summed E-state index contributed by atoms with van der Waals surface area (Å²) in [6, 6.07) is 15.2. The fourth-order valence-electron chi connectivity index (χ4n) is 2.98. The number of fused-ring (bicyclic) bond motifs is 1. The van der Waals surface area contributed by atoms with Crippen LogP contribution in [0.3, 0.4) is 0 Å². The molecule has 3 aromatic rings. The van der Waals surface area contributed by atoms with E-state index >= 15 is 0 Å². The van der Waals surface area contributed by atoms with Crippen LogP contribution in [-0.2, 0) is 11.2 Å². The lowest BCUT2D eigenvalue weighted by atomic mass is 10.1. The zero-order chi connectivity index (χ0) is 21.2. The molecule has 0 aliphatic heterocycles. The third-order valence-electron chi connectivity index (χ3n) is 4.50. The third kappa shape index (κ3) is 4.88. The molecule has 0 aliphatic carbocycles. The lowest BCUT2D eigenvalue weighted by Crippen LogP contribution is -2.44. The summed E-state index contributed by atoms with van der Waals surface area (Å²) < 4.78 is 1.60. The number of hydrogen-bond acceptors (Lipinski definition) is 4. The SMILES string of the molecule is CCc1ccc(-n2c(SC(C)C(=O)NC(C)(C)C)nc3ccccc3c2=O)cc1. The van der Waals surface area contributed by atoms with Gasteiger partial charge in [-0.15, -0.1) is 0 Å². The number of thioether (sulfide) groups is 1. The number of hydrogen-bond donors (Lipinski definition) is 1. The Morgan fingerprint density at radius 3 is 2.41 bits per heavy atom. The van der Waals surface area contributed by atoms with Gasteiger partial charge in [0.15, 0.2) is 5.16 Å². The Morgan fingerprint density at radius 1 is 1.14 bits per heavy atom. The predicted octanol–water partition coefficient (Wildman–Crippen LogP) is 4.34. The summed E-state index contributed by atoms with van der Waals surface area (Å²) in [5.74, 6) is -0.0854. The van der Waals surface area contributed by atoms with Crippen molar-refractivity contribution >= 4 is 28.6 Å². The molecular formula is C23H27N3O2S. The van der Waals surface area contributed by atoms with E-state index in [0.29, 0.717) is 16.1 Å². The normalized spacial score (nSPS) is 12.7. The highest BCUT2D eigenvalue weighted by Gasteiger charge is 2.23. The molecule has 0 bridgehead atoms. The van der Waals surface area contributed by atoms with Crippen LogP contribution in [0.15, 0.2) is 58.5 Å². The van der Waals surface area contributed by atoms with Gasteiger partial charge in [0.05, 0.1) is 21.8 Å². The Balaban J connectivity index is 2.09. The van der Waals surface area contributed by atoms with Crippen molar-refractivity contribution in [1.82, 2.24) is 14.9 Å². The molecule has 0 radical (unpaired) electrons. The van der Waals surface area contributed by atoms with Crippen LogP contribution in [-0.4, -0.2) is 26.2 Å². The maximum absolute atomic E-state index is 13.3. The number of benzene rings is 2. The van der Waals surface area contributed by atoms with Crippen molar-refractivity contribution in [3.8, 4) is 5.69 Å².